The lowest BCUT2D eigenvalue weighted by Crippen LogP contribution is -2.19. The minimum atomic E-state index is -1.36. The van der Waals surface area contributed by atoms with E-state index < -0.39 is 17.2 Å². The number of nitrogens with one attached hydrogen (secondary N) is 1. The third kappa shape index (κ3) is 3.23. The summed E-state index contributed by atoms with van der Waals surface area (Å²) in [6.07, 6.45) is 2.95. The van der Waals surface area contributed by atoms with E-state index in [2.05, 4.69) is 14.7 Å². The molecule has 0 amide bonds. The van der Waals surface area contributed by atoms with Gasteiger partial charge in [0.25, 0.3) is 0 Å². The van der Waals surface area contributed by atoms with Gasteiger partial charge in [-0.2, -0.15) is 0 Å². The van der Waals surface area contributed by atoms with Gasteiger partial charge in [0.2, 0.25) is 5.95 Å². The molecule has 0 fully saturated rings. The number of nitrogens with two attached hydrogens (primary N) is 1. The molecular weight excluding hydrogens is 327 g/mol. The molecule has 0 aliphatic heterocycles. The molecule has 0 aliphatic rings. The van der Waals surface area contributed by atoms with Crippen molar-refractivity contribution in [3.05, 3.63) is 60.7 Å². The second-order valence-electron chi connectivity index (χ2n) is 4.99. The average molecular weight is 342 g/mol. The number of hydrogen-bond donors (Lipinski definition) is 2. The van der Waals surface area contributed by atoms with Crippen LogP contribution in [0, 0.1) is 5.82 Å². The van der Waals surface area contributed by atoms with Crippen LogP contribution in [0.4, 0.5) is 10.3 Å². The summed E-state index contributed by atoms with van der Waals surface area (Å²) in [4.78, 5) is 8.35. The molecule has 1 heterocycles. The fourth-order valence-corrected chi connectivity index (χ4v) is 3.18. The number of aromatic nitrogens is 2. The van der Waals surface area contributed by atoms with E-state index in [0.717, 1.165) is 0 Å². The predicted molar refractivity (Wildman–Crippen MR) is 92.7 cm³/mol. The molecule has 3 rings (SSSR count). The lowest BCUT2D eigenvalue weighted by atomic mass is 10.0. The largest absolute Gasteiger partial charge is 0.593 e. The van der Waals surface area contributed by atoms with Gasteiger partial charge in [0.1, 0.15) is 5.82 Å². The fraction of sp³-hybridized carbons (Fsp3) is 0.0588. The number of rotatable bonds is 4. The monoisotopic (exact) mass is 342 g/mol. The number of benzene rings is 2. The van der Waals surface area contributed by atoms with Gasteiger partial charge in [-0.1, -0.05) is 24.3 Å². The molecule has 0 bridgehead atoms. The van der Waals surface area contributed by atoms with Gasteiger partial charge in [0.05, 0.1) is 11.4 Å². The molecule has 3 N–H and O–H groups in total. The summed E-state index contributed by atoms with van der Waals surface area (Å²) in [5.41, 5.74) is 7.73. The zero-order valence-corrected chi connectivity index (χ0v) is 13.7. The topological polar surface area (TPSA) is 86.9 Å². The Kier molecular flexibility index (Phi) is 4.75. The van der Waals surface area contributed by atoms with Gasteiger partial charge < -0.3 is 10.3 Å². The van der Waals surface area contributed by atoms with Gasteiger partial charge in [-0.25, -0.2) is 14.4 Å². The fourth-order valence-electron chi connectivity index (χ4n) is 2.37. The highest BCUT2D eigenvalue weighted by Crippen LogP contribution is 2.31. The Morgan fingerprint density at radius 1 is 1.04 bits per heavy atom. The molecule has 0 saturated carbocycles. The summed E-state index contributed by atoms with van der Waals surface area (Å²) >= 11 is -1.36. The maximum Gasteiger partial charge on any atom is 0.219 e. The van der Waals surface area contributed by atoms with Gasteiger partial charge in [0.15, 0.2) is 4.90 Å². The molecule has 5 nitrogen and oxygen atoms in total. The third-order valence-electron chi connectivity index (χ3n) is 3.54. The lowest BCUT2D eigenvalue weighted by Gasteiger charge is -2.13. The van der Waals surface area contributed by atoms with Crippen LogP contribution in [0.25, 0.3) is 22.3 Å². The second kappa shape index (κ2) is 6.96. The first-order valence-corrected chi connectivity index (χ1v) is 8.31. The molecule has 0 spiro atoms. The molecule has 1 aromatic heterocycles. The first-order valence-electron chi connectivity index (χ1n) is 7.16. The molecule has 24 heavy (non-hydrogen) atoms. The summed E-state index contributed by atoms with van der Waals surface area (Å²) in [6, 6.07) is 12.0. The van der Waals surface area contributed by atoms with E-state index in [9.17, 15) is 8.94 Å². The van der Waals surface area contributed by atoms with Crippen LogP contribution in [0.1, 0.15) is 0 Å². The van der Waals surface area contributed by atoms with E-state index in [1.807, 2.05) is 12.1 Å². The van der Waals surface area contributed by atoms with Crippen molar-refractivity contribution < 1.29 is 8.94 Å². The standard InChI is InChI=1S/C17H15FN4OS/c1-20-24(23)16-5-3-2-4-14(16)11-6-7-13(15(18)8-11)12-9-21-17(19)22-10-12/h2-10,20H,1H3,(H2,19,21,22). The zero-order chi connectivity index (χ0) is 17.1. The van der Waals surface area contributed by atoms with Crippen molar-refractivity contribution in [3.8, 4) is 22.3 Å². The van der Waals surface area contributed by atoms with Crippen LogP contribution < -0.4 is 10.5 Å². The van der Waals surface area contributed by atoms with Crippen molar-refractivity contribution in [3.63, 3.8) is 0 Å². The van der Waals surface area contributed by atoms with E-state index >= 15 is 0 Å². The minimum absolute atomic E-state index is 0.138. The Balaban J connectivity index is 2.03. The van der Waals surface area contributed by atoms with E-state index in [-0.39, 0.29) is 5.95 Å². The summed E-state index contributed by atoms with van der Waals surface area (Å²) in [6.45, 7) is 0. The molecule has 7 heteroatoms. The van der Waals surface area contributed by atoms with Crippen LogP contribution in [-0.2, 0) is 11.4 Å². The Bertz CT molecular complexity index is 857. The molecule has 0 saturated heterocycles. The first kappa shape index (κ1) is 16.4. The lowest BCUT2D eigenvalue weighted by molar-refractivity contribution is 0.587. The second-order valence-corrected chi connectivity index (χ2v) is 6.38. The van der Waals surface area contributed by atoms with Crippen molar-refractivity contribution in [2.24, 2.45) is 0 Å². The summed E-state index contributed by atoms with van der Waals surface area (Å²) in [7, 11) is 1.61. The van der Waals surface area contributed by atoms with Crippen molar-refractivity contribution in [1.29, 1.82) is 0 Å². The van der Waals surface area contributed by atoms with Crippen molar-refractivity contribution in [2.45, 2.75) is 4.90 Å². The van der Waals surface area contributed by atoms with Crippen molar-refractivity contribution in [1.82, 2.24) is 14.7 Å². The molecule has 3 aromatic rings. The number of nitrogen functional groups attached to an aromatic ring is 1. The van der Waals surface area contributed by atoms with Crippen LogP contribution in [0.15, 0.2) is 59.8 Å². The maximum absolute atomic E-state index is 14.6. The van der Waals surface area contributed by atoms with E-state index in [0.29, 0.717) is 27.1 Å². The number of nitrogens with zero attached hydrogens (tertiary/aromatic N) is 2. The molecule has 122 valence electrons. The van der Waals surface area contributed by atoms with E-state index in [4.69, 9.17) is 5.73 Å². The van der Waals surface area contributed by atoms with Crippen LogP contribution in [0.5, 0.6) is 0 Å². The minimum Gasteiger partial charge on any atom is -0.593 e. The number of hydrogen-bond acceptors (Lipinski definition) is 5. The summed E-state index contributed by atoms with van der Waals surface area (Å²) in [5, 5.41) is 0. The third-order valence-corrected chi connectivity index (χ3v) is 4.66. The van der Waals surface area contributed by atoms with Crippen molar-refractivity contribution >= 4 is 17.3 Å². The quantitative estimate of drug-likeness (QED) is 0.712. The van der Waals surface area contributed by atoms with Gasteiger partial charge in [-0.15, -0.1) is 4.72 Å². The molecule has 0 aliphatic carbocycles. The number of anilines is 1. The van der Waals surface area contributed by atoms with Gasteiger partial charge in [0, 0.05) is 36.1 Å². The van der Waals surface area contributed by atoms with Crippen LogP contribution in [-0.4, -0.2) is 21.6 Å². The summed E-state index contributed by atoms with van der Waals surface area (Å²) in [5.74, 6) is -0.273. The highest BCUT2D eigenvalue weighted by atomic mass is 32.2. The Hall–Kier alpha value is -2.48. The Morgan fingerprint density at radius 2 is 1.75 bits per heavy atom. The van der Waals surface area contributed by atoms with Gasteiger partial charge in [-0.05, 0) is 23.8 Å². The zero-order valence-electron chi connectivity index (χ0n) is 12.9. The average Bonchev–Trinajstić information content (AvgIpc) is 2.62. The smallest absolute Gasteiger partial charge is 0.219 e. The molecule has 1 atom stereocenters. The van der Waals surface area contributed by atoms with Gasteiger partial charge >= 0.3 is 0 Å². The van der Waals surface area contributed by atoms with Crippen LogP contribution in [0.2, 0.25) is 0 Å². The van der Waals surface area contributed by atoms with E-state index in [1.165, 1.54) is 18.5 Å². The molecule has 1 unspecified atom stereocenters. The number of halogens is 1. The molecule has 0 radical (unpaired) electrons. The predicted octanol–water partition coefficient (Wildman–Crippen LogP) is 2.77. The normalized spacial score (nSPS) is 12.1. The highest BCUT2D eigenvalue weighted by molar-refractivity contribution is 7.89. The molecule has 2 aromatic carbocycles. The highest BCUT2D eigenvalue weighted by Gasteiger charge is 2.17. The Labute approximate surface area is 142 Å². The van der Waals surface area contributed by atoms with Crippen LogP contribution >= 0.6 is 0 Å². The van der Waals surface area contributed by atoms with Gasteiger partial charge in [-0.3, -0.25) is 0 Å². The SMILES string of the molecule is CN[S+]([O-])c1ccccc1-c1ccc(-c2cnc(N)nc2)c(F)c1. The van der Waals surface area contributed by atoms with E-state index in [1.54, 1.807) is 31.3 Å². The first-order chi connectivity index (χ1) is 11.6. The van der Waals surface area contributed by atoms with Crippen LogP contribution in [0.3, 0.4) is 0 Å². The molecular formula is C17H15FN4OS. The Morgan fingerprint density at radius 3 is 2.42 bits per heavy atom. The maximum atomic E-state index is 14.6. The summed E-state index contributed by atoms with van der Waals surface area (Å²) < 4.78 is 29.3. The van der Waals surface area contributed by atoms with Crippen molar-refractivity contribution in [2.75, 3.05) is 12.8 Å².